The monoisotopic (exact) mass is 774 g/mol. The first-order valence-corrected chi connectivity index (χ1v) is 23.9. The minimum atomic E-state index is -1.88. The third kappa shape index (κ3) is 6.26. The summed E-state index contributed by atoms with van der Waals surface area (Å²) < 4.78 is 0. The predicted molar refractivity (Wildman–Crippen MR) is 252 cm³/mol. The molecule has 1 aliphatic heterocycles. The summed E-state index contributed by atoms with van der Waals surface area (Å²) in [7, 11) is -1.88. The van der Waals surface area contributed by atoms with Gasteiger partial charge in [-0.25, -0.2) is 0 Å². The van der Waals surface area contributed by atoms with Gasteiger partial charge in [0, 0.05) is 9.79 Å². The number of benzene rings is 9. The Morgan fingerprint density at radius 2 is 0.586 bits per heavy atom. The second-order valence-corrected chi connectivity index (χ2v) is 20.9. The molecule has 0 aromatic heterocycles. The second kappa shape index (κ2) is 15.1. The molecule has 2 heteroatoms. The molecular formula is C56H42SSi. The van der Waals surface area contributed by atoms with Gasteiger partial charge in [-0.15, -0.1) is 0 Å². The van der Waals surface area contributed by atoms with E-state index in [1.165, 1.54) is 98.1 Å². The summed E-state index contributed by atoms with van der Waals surface area (Å²) in [5.74, 6) is 0. The fourth-order valence-electron chi connectivity index (χ4n) is 9.02. The SMILES string of the molecule is C[Si]1(C)c2ccccc2Sc2c(-c3ccc(-c4c(-c5ccccc5)c(-c5ccccc5)c(-c5ccccc5)c(-c5ccccc5)c4-c4ccccc4)cc3)cccc21. The molecule has 276 valence electrons. The van der Waals surface area contributed by atoms with Gasteiger partial charge in [-0.3, -0.25) is 0 Å². The first-order chi connectivity index (χ1) is 28.6. The number of fused-ring (bicyclic) bond motifs is 2. The van der Waals surface area contributed by atoms with Gasteiger partial charge in [-0.05, 0) is 94.3 Å². The summed E-state index contributed by atoms with van der Waals surface area (Å²) in [4.78, 5) is 2.81. The molecule has 58 heavy (non-hydrogen) atoms. The fraction of sp³-hybridized carbons (Fsp3) is 0.0357. The van der Waals surface area contributed by atoms with Crippen LogP contribution in [0, 0.1) is 0 Å². The minimum Gasteiger partial charge on any atom is -0.0897 e. The van der Waals surface area contributed by atoms with Crippen LogP contribution in [-0.2, 0) is 0 Å². The maximum Gasteiger partial charge on any atom is 0.115 e. The number of hydrogen-bond donors (Lipinski definition) is 0. The van der Waals surface area contributed by atoms with Crippen LogP contribution in [0.3, 0.4) is 0 Å². The summed E-state index contributed by atoms with van der Waals surface area (Å²) in [6.07, 6.45) is 0. The summed E-state index contributed by atoms with van der Waals surface area (Å²) in [5, 5.41) is 3.05. The van der Waals surface area contributed by atoms with E-state index in [4.69, 9.17) is 0 Å². The van der Waals surface area contributed by atoms with Gasteiger partial charge >= 0.3 is 0 Å². The van der Waals surface area contributed by atoms with E-state index < -0.39 is 8.07 Å². The Morgan fingerprint density at radius 3 is 0.983 bits per heavy atom. The predicted octanol–water partition coefficient (Wildman–Crippen LogP) is 14.6. The molecule has 0 N–H and O–H groups in total. The van der Waals surface area contributed by atoms with Crippen molar-refractivity contribution in [2.45, 2.75) is 22.9 Å². The smallest absolute Gasteiger partial charge is 0.0897 e. The highest BCUT2D eigenvalue weighted by Crippen LogP contribution is 2.56. The quantitative estimate of drug-likeness (QED) is 0.145. The van der Waals surface area contributed by atoms with E-state index in [0.29, 0.717) is 0 Å². The van der Waals surface area contributed by atoms with Gasteiger partial charge in [-0.1, -0.05) is 237 Å². The van der Waals surface area contributed by atoms with Gasteiger partial charge < -0.3 is 0 Å². The van der Waals surface area contributed by atoms with Crippen LogP contribution in [0.5, 0.6) is 0 Å². The van der Waals surface area contributed by atoms with Crippen molar-refractivity contribution >= 4 is 30.2 Å². The minimum absolute atomic E-state index is 1.19. The molecule has 0 bridgehead atoms. The Labute approximate surface area is 347 Å². The first kappa shape index (κ1) is 35.9. The average Bonchev–Trinajstić information content (AvgIpc) is 3.29. The Morgan fingerprint density at radius 1 is 0.276 bits per heavy atom. The van der Waals surface area contributed by atoms with Crippen LogP contribution in [0.1, 0.15) is 0 Å². The fourth-order valence-corrected chi connectivity index (χ4v) is 14.6. The summed E-state index contributed by atoms with van der Waals surface area (Å²) in [6, 6.07) is 80.5. The largest absolute Gasteiger partial charge is 0.115 e. The van der Waals surface area contributed by atoms with Crippen molar-refractivity contribution in [2.75, 3.05) is 0 Å². The molecule has 0 radical (unpaired) electrons. The van der Waals surface area contributed by atoms with Crippen molar-refractivity contribution in [1.29, 1.82) is 0 Å². The van der Waals surface area contributed by atoms with Crippen molar-refractivity contribution in [3.8, 4) is 77.9 Å². The Kier molecular flexibility index (Phi) is 9.37. The van der Waals surface area contributed by atoms with Gasteiger partial charge in [0.15, 0.2) is 0 Å². The highest BCUT2D eigenvalue weighted by atomic mass is 32.2. The molecule has 0 atom stereocenters. The lowest BCUT2D eigenvalue weighted by Crippen LogP contribution is -2.56. The van der Waals surface area contributed by atoms with Crippen LogP contribution in [0.25, 0.3) is 77.9 Å². The molecule has 0 spiro atoms. The van der Waals surface area contributed by atoms with Crippen molar-refractivity contribution in [1.82, 2.24) is 0 Å². The number of rotatable bonds is 7. The third-order valence-corrected chi connectivity index (χ3v) is 16.9. The van der Waals surface area contributed by atoms with Crippen LogP contribution in [-0.4, -0.2) is 8.07 Å². The molecule has 0 saturated heterocycles. The summed E-state index contributed by atoms with van der Waals surface area (Å²) >= 11 is 1.94. The Balaban J connectivity index is 1.31. The average molecular weight is 775 g/mol. The Hall–Kier alpha value is -6.45. The van der Waals surface area contributed by atoms with E-state index in [-0.39, 0.29) is 0 Å². The van der Waals surface area contributed by atoms with Crippen LogP contribution < -0.4 is 10.4 Å². The van der Waals surface area contributed by atoms with Gasteiger partial charge in [0.05, 0.1) is 0 Å². The molecule has 0 amide bonds. The molecule has 9 aromatic rings. The van der Waals surface area contributed by atoms with Gasteiger partial charge in [-0.2, -0.15) is 0 Å². The highest BCUT2D eigenvalue weighted by molar-refractivity contribution is 8.00. The maximum atomic E-state index is 2.50. The summed E-state index contributed by atoms with van der Waals surface area (Å²) in [6.45, 7) is 5.00. The normalized spacial score (nSPS) is 12.7. The second-order valence-electron chi connectivity index (χ2n) is 15.6. The van der Waals surface area contributed by atoms with Crippen LogP contribution >= 0.6 is 11.8 Å². The molecule has 0 saturated carbocycles. The molecule has 0 nitrogen and oxygen atoms in total. The van der Waals surface area contributed by atoms with Gasteiger partial charge in [0.2, 0.25) is 0 Å². The van der Waals surface area contributed by atoms with E-state index in [0.717, 1.165) is 0 Å². The third-order valence-electron chi connectivity index (χ3n) is 11.8. The van der Waals surface area contributed by atoms with E-state index in [2.05, 4.69) is 231 Å². The zero-order chi connectivity index (χ0) is 39.1. The Bertz CT molecular complexity index is 2780. The zero-order valence-corrected chi connectivity index (χ0v) is 34.5. The van der Waals surface area contributed by atoms with Crippen LogP contribution in [0.2, 0.25) is 13.1 Å². The van der Waals surface area contributed by atoms with E-state index in [9.17, 15) is 0 Å². The maximum absolute atomic E-state index is 2.50. The molecule has 0 unspecified atom stereocenters. The highest BCUT2D eigenvalue weighted by Gasteiger charge is 2.36. The summed E-state index contributed by atoms with van der Waals surface area (Å²) in [5.41, 5.74) is 17.1. The molecule has 0 fully saturated rings. The topological polar surface area (TPSA) is 0 Å². The molecule has 9 aromatic carbocycles. The lowest BCUT2D eigenvalue weighted by atomic mass is 9.74. The van der Waals surface area contributed by atoms with Crippen LogP contribution in [0.4, 0.5) is 0 Å². The van der Waals surface area contributed by atoms with E-state index >= 15 is 0 Å². The molecule has 10 rings (SSSR count). The van der Waals surface area contributed by atoms with E-state index in [1.807, 2.05) is 11.8 Å². The molecule has 1 aliphatic rings. The van der Waals surface area contributed by atoms with Crippen molar-refractivity contribution < 1.29 is 0 Å². The van der Waals surface area contributed by atoms with Crippen molar-refractivity contribution in [3.05, 3.63) is 218 Å². The van der Waals surface area contributed by atoms with E-state index in [1.54, 1.807) is 0 Å². The number of hydrogen-bond acceptors (Lipinski definition) is 1. The molecule has 0 aliphatic carbocycles. The van der Waals surface area contributed by atoms with Crippen molar-refractivity contribution in [2.24, 2.45) is 0 Å². The van der Waals surface area contributed by atoms with Gasteiger partial charge in [0.1, 0.15) is 8.07 Å². The lowest BCUT2D eigenvalue weighted by molar-refractivity contribution is 1.40. The molecular weight excluding hydrogens is 733 g/mol. The lowest BCUT2D eigenvalue weighted by Gasteiger charge is -2.34. The van der Waals surface area contributed by atoms with Gasteiger partial charge in [0.25, 0.3) is 0 Å². The van der Waals surface area contributed by atoms with Crippen molar-refractivity contribution in [3.63, 3.8) is 0 Å². The molecule has 1 heterocycles. The zero-order valence-electron chi connectivity index (χ0n) is 32.7. The van der Waals surface area contributed by atoms with Crippen LogP contribution in [0.15, 0.2) is 228 Å². The first-order valence-electron chi connectivity index (χ1n) is 20.1. The standard InChI is InChI=1S/C56H42SSi/c1-58(2)48-33-19-18-32-47(48)57-56-46(31-20-34-49(56)58)39-35-37-45(38-36-39)55-53(43-27-14-6-15-28-43)51(41-23-10-4-11-24-41)50(40-21-8-3-9-22-40)52(42-25-12-5-13-26-42)54(55)44-29-16-7-17-30-44/h3-38H,1-2H3.